The minimum absolute atomic E-state index is 0.275. The zero-order valence-corrected chi connectivity index (χ0v) is 15.2. The number of rotatable bonds is 5. The number of nitrogens with zero attached hydrogens (tertiary/aromatic N) is 1. The van der Waals surface area contributed by atoms with Gasteiger partial charge >= 0.3 is 0 Å². The number of thioether (sulfide) groups is 1. The van der Waals surface area contributed by atoms with Crippen LogP contribution in [0.15, 0.2) is 52.3 Å². The van der Waals surface area contributed by atoms with Gasteiger partial charge < -0.3 is 9.47 Å². The van der Waals surface area contributed by atoms with Crippen LogP contribution in [0.4, 0.5) is 5.69 Å². The SMILES string of the molecule is CCN(c1ccc2c(c1)OCCO2)S(=O)(=O)c1ccc(SC)cc1. The first-order chi connectivity index (χ1) is 11.6. The van der Waals surface area contributed by atoms with Crippen LogP contribution in [0.25, 0.3) is 0 Å². The average Bonchev–Trinajstić information content (AvgIpc) is 2.62. The standard InChI is InChI=1S/C17H19NO4S2/c1-3-18(13-4-9-16-17(12-13)22-11-10-21-16)24(19,20)15-7-5-14(23-2)6-8-15/h4-9,12H,3,10-11H2,1-2H3. The first kappa shape index (κ1) is 17.0. The second-order valence-corrected chi connectivity index (χ2v) is 7.92. The summed E-state index contributed by atoms with van der Waals surface area (Å²) in [5, 5.41) is 0. The van der Waals surface area contributed by atoms with Gasteiger partial charge in [-0.05, 0) is 49.6 Å². The lowest BCUT2D eigenvalue weighted by molar-refractivity contribution is 0.171. The topological polar surface area (TPSA) is 55.8 Å². The Morgan fingerprint density at radius 3 is 2.33 bits per heavy atom. The van der Waals surface area contributed by atoms with Crippen LogP contribution >= 0.6 is 11.8 Å². The fraction of sp³-hybridized carbons (Fsp3) is 0.294. The summed E-state index contributed by atoms with van der Waals surface area (Å²) in [6.07, 6.45) is 1.96. The average molecular weight is 365 g/mol. The molecule has 0 bridgehead atoms. The molecule has 3 rings (SSSR count). The molecule has 0 aliphatic carbocycles. The molecule has 0 radical (unpaired) electrons. The number of hydrogen-bond acceptors (Lipinski definition) is 5. The molecular weight excluding hydrogens is 346 g/mol. The molecule has 0 saturated carbocycles. The molecule has 1 aliphatic heterocycles. The monoisotopic (exact) mass is 365 g/mol. The Balaban J connectivity index is 1.97. The summed E-state index contributed by atoms with van der Waals surface area (Å²) in [4.78, 5) is 1.30. The maximum absolute atomic E-state index is 13.0. The third kappa shape index (κ3) is 3.18. The van der Waals surface area contributed by atoms with Crippen molar-refractivity contribution in [3.05, 3.63) is 42.5 Å². The molecule has 0 fully saturated rings. The minimum Gasteiger partial charge on any atom is -0.486 e. The van der Waals surface area contributed by atoms with E-state index in [9.17, 15) is 8.42 Å². The van der Waals surface area contributed by atoms with Crippen molar-refractivity contribution in [3.8, 4) is 11.5 Å². The van der Waals surface area contributed by atoms with Crippen molar-refractivity contribution in [2.75, 3.05) is 30.3 Å². The van der Waals surface area contributed by atoms with Crippen molar-refractivity contribution >= 4 is 27.5 Å². The number of ether oxygens (including phenoxy) is 2. The second kappa shape index (κ2) is 6.94. The number of anilines is 1. The number of sulfonamides is 1. The van der Waals surface area contributed by atoms with E-state index in [1.807, 2.05) is 25.3 Å². The molecule has 1 aliphatic rings. The van der Waals surface area contributed by atoms with Gasteiger partial charge in [0.25, 0.3) is 10.0 Å². The van der Waals surface area contributed by atoms with E-state index in [1.165, 1.54) is 4.31 Å². The maximum Gasteiger partial charge on any atom is 0.264 e. The highest BCUT2D eigenvalue weighted by Crippen LogP contribution is 2.35. The van der Waals surface area contributed by atoms with E-state index in [0.717, 1.165) is 4.90 Å². The maximum atomic E-state index is 13.0. The molecule has 2 aromatic carbocycles. The summed E-state index contributed by atoms with van der Waals surface area (Å²) in [5.41, 5.74) is 0.565. The molecule has 5 nitrogen and oxygen atoms in total. The van der Waals surface area contributed by atoms with Gasteiger partial charge in [-0.25, -0.2) is 8.42 Å². The zero-order valence-electron chi connectivity index (χ0n) is 13.6. The number of fused-ring (bicyclic) bond motifs is 1. The van der Waals surface area contributed by atoms with E-state index in [4.69, 9.17) is 9.47 Å². The van der Waals surface area contributed by atoms with Gasteiger partial charge in [0.2, 0.25) is 0 Å². The van der Waals surface area contributed by atoms with Crippen molar-refractivity contribution in [3.63, 3.8) is 0 Å². The molecule has 0 saturated heterocycles. The molecule has 0 amide bonds. The zero-order chi connectivity index (χ0) is 17.2. The van der Waals surface area contributed by atoms with Crippen molar-refractivity contribution in [1.29, 1.82) is 0 Å². The summed E-state index contributed by atoms with van der Waals surface area (Å²) >= 11 is 1.58. The van der Waals surface area contributed by atoms with Crippen LogP contribution in [0, 0.1) is 0 Å². The van der Waals surface area contributed by atoms with Crippen LogP contribution in [-0.4, -0.2) is 34.4 Å². The second-order valence-electron chi connectivity index (χ2n) is 5.17. The first-order valence-electron chi connectivity index (χ1n) is 7.62. The number of hydrogen-bond donors (Lipinski definition) is 0. The Bertz CT molecular complexity index is 819. The first-order valence-corrected chi connectivity index (χ1v) is 10.3. The molecule has 0 atom stereocenters. The smallest absolute Gasteiger partial charge is 0.264 e. The Morgan fingerprint density at radius 1 is 1.04 bits per heavy atom. The highest BCUT2D eigenvalue weighted by Gasteiger charge is 2.25. The molecule has 0 unspecified atom stereocenters. The van der Waals surface area contributed by atoms with Gasteiger partial charge in [-0.1, -0.05) is 0 Å². The Kier molecular flexibility index (Phi) is 4.91. The van der Waals surface area contributed by atoms with Crippen molar-refractivity contribution in [1.82, 2.24) is 0 Å². The van der Waals surface area contributed by atoms with E-state index in [2.05, 4.69) is 0 Å². The van der Waals surface area contributed by atoms with Crippen LogP contribution in [0.2, 0.25) is 0 Å². The summed E-state index contributed by atoms with van der Waals surface area (Å²) in [7, 11) is -3.63. The molecule has 0 N–H and O–H groups in total. The van der Waals surface area contributed by atoms with Gasteiger partial charge in [-0.3, -0.25) is 4.31 Å². The third-order valence-electron chi connectivity index (χ3n) is 3.75. The molecule has 1 heterocycles. The lowest BCUT2D eigenvalue weighted by Crippen LogP contribution is -2.31. The molecule has 128 valence electrons. The Hall–Kier alpha value is -1.86. The highest BCUT2D eigenvalue weighted by molar-refractivity contribution is 7.98. The predicted molar refractivity (Wildman–Crippen MR) is 95.9 cm³/mol. The molecule has 7 heteroatoms. The van der Waals surface area contributed by atoms with E-state index in [1.54, 1.807) is 42.1 Å². The largest absolute Gasteiger partial charge is 0.486 e. The van der Waals surface area contributed by atoms with Crippen LogP contribution in [0.1, 0.15) is 6.92 Å². The van der Waals surface area contributed by atoms with E-state index in [-0.39, 0.29) is 4.90 Å². The molecule has 0 spiro atoms. The Morgan fingerprint density at radius 2 is 1.71 bits per heavy atom. The third-order valence-corrected chi connectivity index (χ3v) is 6.41. The Labute approximate surface area is 146 Å². The van der Waals surface area contributed by atoms with Gasteiger partial charge in [-0.2, -0.15) is 0 Å². The van der Waals surface area contributed by atoms with Gasteiger partial charge in [0.05, 0.1) is 10.6 Å². The van der Waals surface area contributed by atoms with E-state index in [0.29, 0.717) is 36.9 Å². The van der Waals surface area contributed by atoms with Crippen molar-refractivity contribution in [2.45, 2.75) is 16.7 Å². The lowest BCUT2D eigenvalue weighted by Gasteiger charge is -2.25. The normalized spacial score (nSPS) is 13.6. The summed E-state index contributed by atoms with van der Waals surface area (Å²) in [6.45, 7) is 3.10. The fourth-order valence-electron chi connectivity index (χ4n) is 2.55. The van der Waals surface area contributed by atoms with Gasteiger partial charge in [0.1, 0.15) is 13.2 Å². The van der Waals surface area contributed by atoms with E-state index < -0.39 is 10.0 Å². The minimum atomic E-state index is -3.63. The number of benzene rings is 2. The van der Waals surface area contributed by atoms with Crippen LogP contribution in [0.3, 0.4) is 0 Å². The van der Waals surface area contributed by atoms with Gasteiger partial charge in [0.15, 0.2) is 11.5 Å². The van der Waals surface area contributed by atoms with E-state index >= 15 is 0 Å². The van der Waals surface area contributed by atoms with Gasteiger partial charge in [0, 0.05) is 17.5 Å². The quantitative estimate of drug-likeness (QED) is 0.760. The van der Waals surface area contributed by atoms with Crippen molar-refractivity contribution in [2.24, 2.45) is 0 Å². The van der Waals surface area contributed by atoms with Crippen molar-refractivity contribution < 1.29 is 17.9 Å². The molecule has 2 aromatic rings. The molecule has 24 heavy (non-hydrogen) atoms. The summed E-state index contributed by atoms with van der Waals surface area (Å²) in [5.74, 6) is 1.22. The fourth-order valence-corrected chi connectivity index (χ4v) is 4.43. The molecular formula is C17H19NO4S2. The summed E-state index contributed by atoms with van der Waals surface area (Å²) in [6, 6.07) is 12.1. The summed E-state index contributed by atoms with van der Waals surface area (Å²) < 4.78 is 38.4. The van der Waals surface area contributed by atoms with Crippen LogP contribution in [0.5, 0.6) is 11.5 Å². The molecule has 0 aromatic heterocycles. The van der Waals surface area contributed by atoms with Gasteiger partial charge in [-0.15, -0.1) is 11.8 Å². The highest BCUT2D eigenvalue weighted by atomic mass is 32.2. The van der Waals surface area contributed by atoms with Crippen LogP contribution < -0.4 is 13.8 Å². The lowest BCUT2D eigenvalue weighted by atomic mass is 10.2. The van der Waals surface area contributed by atoms with Crippen LogP contribution in [-0.2, 0) is 10.0 Å². The predicted octanol–water partition coefficient (Wildman–Crippen LogP) is 3.39.